The Balaban J connectivity index is 1.48. The maximum atomic E-state index is 13.6. The number of carbonyl (C=O) groups excluding carboxylic acids is 1. The van der Waals surface area contributed by atoms with Gasteiger partial charge in [0.2, 0.25) is 12.7 Å². The van der Waals surface area contributed by atoms with Crippen molar-refractivity contribution < 1.29 is 23.4 Å². The van der Waals surface area contributed by atoms with Crippen LogP contribution in [0.5, 0.6) is 17.2 Å². The van der Waals surface area contributed by atoms with Gasteiger partial charge in [-0.3, -0.25) is 4.79 Å². The van der Waals surface area contributed by atoms with E-state index >= 15 is 0 Å². The van der Waals surface area contributed by atoms with Gasteiger partial charge in [0, 0.05) is 17.5 Å². The lowest BCUT2D eigenvalue weighted by Crippen LogP contribution is -2.14. The van der Waals surface area contributed by atoms with Gasteiger partial charge in [0.05, 0.1) is 12.9 Å². The predicted octanol–water partition coefficient (Wildman–Crippen LogP) is 3.43. The second-order valence-electron chi connectivity index (χ2n) is 5.08. The number of amides is 1. The van der Waals surface area contributed by atoms with E-state index in [1.807, 2.05) is 0 Å². The normalized spacial score (nSPS) is 12.1. The molecule has 0 unspecified atom stereocenters. The summed E-state index contributed by atoms with van der Waals surface area (Å²) in [5, 5.41) is 2.80. The van der Waals surface area contributed by atoms with Crippen molar-refractivity contribution in [3.05, 3.63) is 47.8 Å². The molecule has 24 heavy (non-hydrogen) atoms. The molecule has 0 atom stereocenters. The van der Waals surface area contributed by atoms with Gasteiger partial charge in [-0.2, -0.15) is 0 Å². The Bertz CT molecular complexity index is 753. The molecule has 2 aromatic rings. The number of ether oxygens (including phenoxy) is 3. The Hall–Kier alpha value is -2.41. The summed E-state index contributed by atoms with van der Waals surface area (Å²) in [5.74, 6) is 1.77. The molecule has 2 aromatic carbocycles. The van der Waals surface area contributed by atoms with E-state index in [2.05, 4.69) is 5.32 Å². The lowest BCUT2D eigenvalue weighted by molar-refractivity contribution is -0.113. The van der Waals surface area contributed by atoms with Gasteiger partial charge in [0.15, 0.2) is 23.1 Å². The highest BCUT2D eigenvalue weighted by Gasteiger charge is 2.14. The van der Waals surface area contributed by atoms with Crippen molar-refractivity contribution in [2.75, 3.05) is 25.0 Å². The molecule has 0 saturated carbocycles. The number of methoxy groups -OCH3 is 1. The molecule has 5 nitrogen and oxygen atoms in total. The number of benzene rings is 2. The van der Waals surface area contributed by atoms with Gasteiger partial charge >= 0.3 is 0 Å². The van der Waals surface area contributed by atoms with Gasteiger partial charge in [-0.25, -0.2) is 4.39 Å². The SMILES string of the molecule is COc1ccc(CSCC(=O)Nc2ccc3c(c2)OCO3)cc1F. The van der Waals surface area contributed by atoms with Crippen molar-refractivity contribution in [2.24, 2.45) is 0 Å². The fraction of sp³-hybridized carbons (Fsp3) is 0.235. The van der Waals surface area contributed by atoms with E-state index in [9.17, 15) is 9.18 Å². The number of hydrogen-bond acceptors (Lipinski definition) is 5. The molecule has 1 amide bonds. The van der Waals surface area contributed by atoms with Crippen molar-refractivity contribution in [2.45, 2.75) is 5.75 Å². The summed E-state index contributed by atoms with van der Waals surface area (Å²) < 4.78 is 29.0. The second kappa shape index (κ2) is 7.44. The number of nitrogens with one attached hydrogen (secondary N) is 1. The lowest BCUT2D eigenvalue weighted by atomic mass is 10.2. The minimum atomic E-state index is -0.402. The number of carbonyl (C=O) groups is 1. The van der Waals surface area contributed by atoms with E-state index in [4.69, 9.17) is 14.2 Å². The molecule has 1 aliphatic heterocycles. The number of hydrogen-bond donors (Lipinski definition) is 1. The number of anilines is 1. The molecule has 0 aliphatic carbocycles. The Morgan fingerprint density at radius 3 is 2.88 bits per heavy atom. The largest absolute Gasteiger partial charge is 0.494 e. The topological polar surface area (TPSA) is 56.8 Å². The maximum Gasteiger partial charge on any atom is 0.234 e. The molecule has 0 radical (unpaired) electrons. The van der Waals surface area contributed by atoms with E-state index in [1.54, 1.807) is 30.3 Å². The summed E-state index contributed by atoms with van der Waals surface area (Å²) >= 11 is 1.41. The third kappa shape index (κ3) is 3.91. The quantitative estimate of drug-likeness (QED) is 0.866. The molecule has 7 heteroatoms. The first kappa shape index (κ1) is 16.4. The standard InChI is InChI=1S/C17H16FNO4S/c1-21-14-4-2-11(6-13(14)18)8-24-9-17(20)19-12-3-5-15-16(7-12)23-10-22-15/h2-7H,8-10H2,1H3,(H,19,20). The second-order valence-corrected chi connectivity index (χ2v) is 6.06. The van der Waals surface area contributed by atoms with Crippen molar-refractivity contribution in [3.8, 4) is 17.2 Å². The van der Waals surface area contributed by atoms with Crippen LogP contribution in [0.2, 0.25) is 0 Å². The van der Waals surface area contributed by atoms with E-state index in [0.717, 1.165) is 5.56 Å². The van der Waals surface area contributed by atoms with Gasteiger partial charge < -0.3 is 19.5 Å². The van der Waals surface area contributed by atoms with Crippen LogP contribution in [0.25, 0.3) is 0 Å². The molecular formula is C17H16FNO4S. The van der Waals surface area contributed by atoms with Crippen molar-refractivity contribution in [3.63, 3.8) is 0 Å². The van der Waals surface area contributed by atoms with E-state index < -0.39 is 5.82 Å². The van der Waals surface area contributed by atoms with Crippen LogP contribution >= 0.6 is 11.8 Å². The molecule has 1 N–H and O–H groups in total. The molecule has 3 rings (SSSR count). The summed E-state index contributed by atoms with van der Waals surface area (Å²) in [4.78, 5) is 12.0. The summed E-state index contributed by atoms with van der Waals surface area (Å²) in [6.07, 6.45) is 0. The number of halogens is 1. The first-order chi connectivity index (χ1) is 11.7. The molecule has 0 aromatic heterocycles. The molecular weight excluding hydrogens is 333 g/mol. The van der Waals surface area contributed by atoms with Crippen LogP contribution in [0.3, 0.4) is 0 Å². The summed E-state index contributed by atoms with van der Waals surface area (Å²) in [7, 11) is 1.42. The van der Waals surface area contributed by atoms with Crippen LogP contribution in [0.15, 0.2) is 36.4 Å². The average molecular weight is 349 g/mol. The first-order valence-electron chi connectivity index (χ1n) is 7.25. The highest BCUT2D eigenvalue weighted by atomic mass is 32.2. The smallest absolute Gasteiger partial charge is 0.234 e. The molecule has 0 saturated heterocycles. The third-order valence-corrected chi connectivity index (χ3v) is 4.38. The monoisotopic (exact) mass is 349 g/mol. The van der Waals surface area contributed by atoms with Gasteiger partial charge in [-0.1, -0.05) is 6.07 Å². The fourth-order valence-corrected chi connectivity index (χ4v) is 3.01. The van der Waals surface area contributed by atoms with Crippen molar-refractivity contribution >= 4 is 23.4 Å². The fourth-order valence-electron chi connectivity index (χ4n) is 2.23. The molecule has 0 spiro atoms. The Labute approximate surface area is 143 Å². The van der Waals surface area contributed by atoms with Crippen LogP contribution in [-0.4, -0.2) is 25.6 Å². The summed E-state index contributed by atoms with van der Waals surface area (Å²) in [5.41, 5.74) is 1.45. The highest BCUT2D eigenvalue weighted by Crippen LogP contribution is 2.34. The average Bonchev–Trinajstić information content (AvgIpc) is 3.02. The van der Waals surface area contributed by atoms with E-state index in [-0.39, 0.29) is 24.2 Å². The van der Waals surface area contributed by atoms with Crippen LogP contribution in [0.4, 0.5) is 10.1 Å². The van der Waals surface area contributed by atoms with Crippen molar-refractivity contribution in [1.29, 1.82) is 0 Å². The zero-order chi connectivity index (χ0) is 16.9. The Morgan fingerprint density at radius 2 is 2.08 bits per heavy atom. The van der Waals surface area contributed by atoms with Crippen LogP contribution in [0, 0.1) is 5.82 Å². The molecule has 1 aliphatic rings. The minimum Gasteiger partial charge on any atom is -0.494 e. The van der Waals surface area contributed by atoms with Gasteiger partial charge in [-0.05, 0) is 29.8 Å². The minimum absolute atomic E-state index is 0.132. The van der Waals surface area contributed by atoms with Crippen LogP contribution in [-0.2, 0) is 10.5 Å². The van der Waals surface area contributed by atoms with Crippen molar-refractivity contribution in [1.82, 2.24) is 0 Å². The van der Waals surface area contributed by atoms with Crippen LogP contribution in [0.1, 0.15) is 5.56 Å². The maximum absolute atomic E-state index is 13.6. The van der Waals surface area contributed by atoms with Gasteiger partial charge in [0.25, 0.3) is 0 Å². The number of fused-ring (bicyclic) bond motifs is 1. The van der Waals surface area contributed by atoms with E-state index in [0.29, 0.717) is 22.9 Å². The zero-order valence-corrected chi connectivity index (χ0v) is 13.8. The summed E-state index contributed by atoms with van der Waals surface area (Å²) in [6.45, 7) is 0.195. The Kier molecular flexibility index (Phi) is 5.10. The van der Waals surface area contributed by atoms with Crippen LogP contribution < -0.4 is 19.5 Å². The highest BCUT2D eigenvalue weighted by molar-refractivity contribution is 7.99. The lowest BCUT2D eigenvalue weighted by Gasteiger charge is -2.07. The predicted molar refractivity (Wildman–Crippen MR) is 90.3 cm³/mol. The molecule has 0 bridgehead atoms. The van der Waals surface area contributed by atoms with Gasteiger partial charge in [0.1, 0.15) is 0 Å². The Morgan fingerprint density at radius 1 is 1.25 bits per heavy atom. The molecule has 1 heterocycles. The zero-order valence-electron chi connectivity index (χ0n) is 13.0. The molecule has 0 fully saturated rings. The number of rotatable bonds is 6. The molecule has 126 valence electrons. The first-order valence-corrected chi connectivity index (χ1v) is 8.41. The third-order valence-electron chi connectivity index (χ3n) is 3.37. The summed E-state index contributed by atoms with van der Waals surface area (Å²) in [6, 6.07) is 10.0. The number of thioether (sulfide) groups is 1. The van der Waals surface area contributed by atoms with Gasteiger partial charge in [-0.15, -0.1) is 11.8 Å². The van der Waals surface area contributed by atoms with E-state index in [1.165, 1.54) is 24.9 Å².